The highest BCUT2D eigenvalue weighted by atomic mass is 19.4. The second kappa shape index (κ2) is 8.65. The number of ether oxygens (including phenoxy) is 1. The van der Waals surface area contributed by atoms with Crippen LogP contribution in [0.25, 0.3) is 0 Å². The molecule has 30 heavy (non-hydrogen) atoms. The molecule has 0 radical (unpaired) electrons. The third-order valence-electron chi connectivity index (χ3n) is 4.07. The number of tetrazole rings is 1. The molecule has 0 fully saturated rings. The number of alkyl halides is 5. The molecule has 0 saturated heterocycles. The molecule has 0 saturated carbocycles. The van der Waals surface area contributed by atoms with Gasteiger partial charge in [-0.05, 0) is 34.7 Å². The first-order chi connectivity index (χ1) is 14.2. The smallest absolute Gasteiger partial charge is 0.416 e. The second-order valence-electron chi connectivity index (χ2n) is 6.07. The number of aliphatic hydroxyl groups is 1. The van der Waals surface area contributed by atoms with Crippen molar-refractivity contribution >= 4 is 0 Å². The quantitative estimate of drug-likeness (QED) is 0.577. The van der Waals surface area contributed by atoms with Crippen molar-refractivity contribution in [3.8, 4) is 5.75 Å². The van der Waals surface area contributed by atoms with Crippen LogP contribution in [0, 0.1) is 5.82 Å². The molecule has 0 aliphatic rings. The van der Waals surface area contributed by atoms with E-state index >= 15 is 0 Å². The fraction of sp³-hybridized carbons (Fsp3) is 0.294. The number of hydrogen-bond acceptors (Lipinski definition) is 6. The van der Waals surface area contributed by atoms with Crippen molar-refractivity contribution in [1.29, 1.82) is 0 Å². The lowest BCUT2D eigenvalue weighted by atomic mass is 10.1. The summed E-state index contributed by atoms with van der Waals surface area (Å²) in [7, 11) is 0. The summed E-state index contributed by atoms with van der Waals surface area (Å²) in [6.45, 7) is -0.388. The molecule has 7 nitrogen and oxygen atoms in total. The van der Waals surface area contributed by atoms with E-state index in [-0.39, 0.29) is 23.6 Å². The fourth-order valence-electron chi connectivity index (χ4n) is 2.55. The van der Waals surface area contributed by atoms with Gasteiger partial charge in [0.15, 0.2) is 0 Å². The molecule has 0 spiro atoms. The molecular weight excluding hydrogens is 420 g/mol. The van der Waals surface area contributed by atoms with Gasteiger partial charge in [-0.3, -0.25) is 4.98 Å². The summed E-state index contributed by atoms with van der Waals surface area (Å²) in [4.78, 5) is 3.94. The summed E-state index contributed by atoms with van der Waals surface area (Å²) in [6, 6.07) is 3.26. The van der Waals surface area contributed by atoms with Gasteiger partial charge in [-0.25, -0.2) is 17.9 Å². The summed E-state index contributed by atoms with van der Waals surface area (Å²) in [5.41, 5.74) is -1.24. The largest absolute Gasteiger partial charge is 0.487 e. The molecule has 0 bridgehead atoms. The van der Waals surface area contributed by atoms with Crippen LogP contribution in [-0.4, -0.2) is 42.8 Å². The Bertz CT molecular complexity index is 966. The average molecular weight is 433 g/mol. The Morgan fingerprint density at radius 1 is 1.13 bits per heavy atom. The van der Waals surface area contributed by atoms with Gasteiger partial charge in [-0.1, -0.05) is 6.07 Å². The number of benzene rings is 1. The maximum atomic E-state index is 13.9. The van der Waals surface area contributed by atoms with Crippen molar-refractivity contribution in [3.05, 3.63) is 65.5 Å². The van der Waals surface area contributed by atoms with Gasteiger partial charge in [0.25, 0.3) is 6.43 Å². The van der Waals surface area contributed by atoms with Crippen molar-refractivity contribution in [1.82, 2.24) is 25.2 Å². The predicted octanol–water partition coefficient (Wildman–Crippen LogP) is 3.02. The van der Waals surface area contributed by atoms with E-state index in [4.69, 9.17) is 4.74 Å². The molecule has 3 rings (SSSR count). The molecular formula is C17H13F6N5O2. The molecule has 160 valence electrons. The van der Waals surface area contributed by atoms with E-state index in [0.717, 1.165) is 29.3 Å². The minimum Gasteiger partial charge on any atom is -0.487 e. The lowest BCUT2D eigenvalue weighted by Gasteiger charge is -2.21. The van der Waals surface area contributed by atoms with Gasteiger partial charge in [-0.2, -0.15) is 13.2 Å². The van der Waals surface area contributed by atoms with Crippen LogP contribution >= 0.6 is 0 Å². The fourth-order valence-corrected chi connectivity index (χ4v) is 2.55. The van der Waals surface area contributed by atoms with Crippen LogP contribution in [0.3, 0.4) is 0 Å². The molecule has 0 aliphatic heterocycles. The molecule has 2 atom stereocenters. The van der Waals surface area contributed by atoms with Crippen molar-refractivity contribution in [2.75, 3.05) is 0 Å². The van der Waals surface area contributed by atoms with Crippen LogP contribution in [-0.2, 0) is 12.8 Å². The van der Waals surface area contributed by atoms with E-state index in [1.807, 2.05) is 0 Å². The number of hydrogen-bond donors (Lipinski definition) is 1. The normalized spacial score (nSPS) is 14.0. The second-order valence-corrected chi connectivity index (χ2v) is 6.07. The third kappa shape index (κ3) is 4.84. The van der Waals surface area contributed by atoms with Gasteiger partial charge in [0.05, 0.1) is 17.5 Å². The number of aliphatic hydroxyl groups excluding tert-OH is 1. The Morgan fingerprint density at radius 2 is 1.90 bits per heavy atom. The van der Waals surface area contributed by atoms with Gasteiger partial charge in [0.1, 0.15) is 36.6 Å². The minimum absolute atomic E-state index is 0.00293. The van der Waals surface area contributed by atoms with E-state index in [0.29, 0.717) is 6.07 Å². The molecule has 2 aromatic heterocycles. The molecule has 0 aliphatic carbocycles. The Hall–Kier alpha value is -3.22. The first-order valence-corrected chi connectivity index (χ1v) is 8.30. The molecule has 2 unspecified atom stereocenters. The predicted molar refractivity (Wildman–Crippen MR) is 87.9 cm³/mol. The van der Waals surface area contributed by atoms with Crippen LogP contribution in [0.15, 0.2) is 42.9 Å². The first kappa shape index (κ1) is 21.5. The van der Waals surface area contributed by atoms with E-state index in [1.165, 1.54) is 12.1 Å². The Labute approximate surface area is 164 Å². The SMILES string of the molecule is OC(C(F)F)C(c1ccc(OCc2ccc(C(F)(F)F)cc2F)cn1)n1cnnn1. The van der Waals surface area contributed by atoms with Crippen molar-refractivity contribution in [2.24, 2.45) is 0 Å². The Balaban J connectivity index is 1.73. The minimum atomic E-state index is -4.67. The Morgan fingerprint density at radius 3 is 2.43 bits per heavy atom. The lowest BCUT2D eigenvalue weighted by Crippen LogP contribution is -2.32. The van der Waals surface area contributed by atoms with Crippen molar-refractivity contribution in [3.63, 3.8) is 0 Å². The van der Waals surface area contributed by atoms with Crippen molar-refractivity contribution in [2.45, 2.75) is 31.4 Å². The summed E-state index contributed by atoms with van der Waals surface area (Å²) >= 11 is 0. The summed E-state index contributed by atoms with van der Waals surface area (Å²) in [5.74, 6) is -0.992. The zero-order chi connectivity index (χ0) is 21.9. The molecule has 1 aromatic carbocycles. The lowest BCUT2D eigenvalue weighted by molar-refractivity contribution is -0.137. The van der Waals surface area contributed by atoms with Crippen LogP contribution in [0.2, 0.25) is 0 Å². The summed E-state index contributed by atoms with van der Waals surface area (Å²) in [6.07, 6.45) is -7.74. The number of aromatic nitrogens is 5. The van der Waals surface area contributed by atoms with Gasteiger partial charge in [0, 0.05) is 5.56 Å². The topological polar surface area (TPSA) is 86.0 Å². The van der Waals surface area contributed by atoms with Crippen LogP contribution in [0.1, 0.15) is 22.9 Å². The highest BCUT2D eigenvalue weighted by Gasteiger charge is 2.33. The van der Waals surface area contributed by atoms with E-state index < -0.39 is 36.1 Å². The zero-order valence-corrected chi connectivity index (χ0v) is 14.8. The third-order valence-corrected chi connectivity index (χ3v) is 4.07. The number of nitrogens with zero attached hydrogens (tertiary/aromatic N) is 5. The Kier molecular flexibility index (Phi) is 6.20. The molecule has 3 aromatic rings. The molecule has 0 amide bonds. The van der Waals surface area contributed by atoms with Crippen LogP contribution in [0.4, 0.5) is 26.3 Å². The van der Waals surface area contributed by atoms with E-state index in [9.17, 15) is 31.4 Å². The first-order valence-electron chi connectivity index (χ1n) is 8.30. The van der Waals surface area contributed by atoms with Crippen LogP contribution in [0.5, 0.6) is 5.75 Å². The van der Waals surface area contributed by atoms with Crippen molar-refractivity contribution < 1.29 is 36.2 Å². The van der Waals surface area contributed by atoms with Gasteiger partial charge in [0.2, 0.25) is 0 Å². The summed E-state index contributed by atoms with van der Waals surface area (Å²) < 4.78 is 83.8. The highest BCUT2D eigenvalue weighted by Crippen LogP contribution is 2.30. The number of rotatable bonds is 7. The van der Waals surface area contributed by atoms with Gasteiger partial charge in [-0.15, -0.1) is 5.10 Å². The van der Waals surface area contributed by atoms with E-state index in [2.05, 4.69) is 20.5 Å². The van der Waals surface area contributed by atoms with Gasteiger partial charge >= 0.3 is 6.18 Å². The number of pyridine rings is 1. The molecule has 13 heteroatoms. The standard InChI is InChI=1S/C17H13F6N5O2/c18-12-5-10(17(21,22)23)2-1-9(12)7-30-11-3-4-13(24-6-11)14(15(29)16(19)20)28-8-25-26-27-28/h1-6,8,14-16,29H,7H2. The average Bonchev–Trinajstić information content (AvgIpc) is 3.21. The molecule has 1 N–H and O–H groups in total. The molecule has 2 heterocycles. The number of halogens is 6. The monoisotopic (exact) mass is 433 g/mol. The van der Waals surface area contributed by atoms with Crippen LogP contribution < -0.4 is 4.74 Å². The van der Waals surface area contributed by atoms with Gasteiger partial charge < -0.3 is 9.84 Å². The zero-order valence-electron chi connectivity index (χ0n) is 14.8. The maximum absolute atomic E-state index is 13.9. The maximum Gasteiger partial charge on any atom is 0.416 e. The highest BCUT2D eigenvalue weighted by molar-refractivity contribution is 5.27. The van der Waals surface area contributed by atoms with E-state index in [1.54, 1.807) is 0 Å². The summed E-state index contributed by atoms with van der Waals surface area (Å²) in [5, 5.41) is 20.0.